The number of ether oxygens (including phenoxy) is 2. The number of methoxy groups -OCH3 is 1. The SMILES string of the molecule is COc1ccc(NS(=O)(=O)c2cccc(OC(F)F)c2)cc1N1CCCNCC1.Cl. The van der Waals surface area contributed by atoms with E-state index in [9.17, 15) is 17.2 Å². The van der Waals surface area contributed by atoms with Gasteiger partial charge in [0.15, 0.2) is 0 Å². The highest BCUT2D eigenvalue weighted by Crippen LogP contribution is 2.33. The fraction of sp³-hybridized carbons (Fsp3) is 0.368. The third kappa shape index (κ3) is 6.10. The van der Waals surface area contributed by atoms with Crippen LogP contribution in [0.5, 0.6) is 11.5 Å². The van der Waals surface area contributed by atoms with Crippen LogP contribution in [0, 0.1) is 0 Å². The summed E-state index contributed by atoms with van der Waals surface area (Å²) < 4.78 is 62.5. The number of benzene rings is 2. The summed E-state index contributed by atoms with van der Waals surface area (Å²) in [7, 11) is -2.43. The molecule has 2 aromatic rings. The van der Waals surface area contributed by atoms with Crippen LogP contribution in [0.3, 0.4) is 0 Å². The van der Waals surface area contributed by atoms with Gasteiger partial charge in [0.1, 0.15) is 11.5 Å². The molecule has 3 rings (SSSR count). The topological polar surface area (TPSA) is 79.9 Å². The first-order chi connectivity index (χ1) is 13.9. The molecule has 0 unspecified atom stereocenters. The Bertz CT molecular complexity index is 939. The van der Waals surface area contributed by atoms with Crippen molar-refractivity contribution in [3.8, 4) is 11.5 Å². The maximum Gasteiger partial charge on any atom is 0.387 e. The number of halogens is 3. The van der Waals surface area contributed by atoms with Gasteiger partial charge < -0.3 is 19.7 Å². The van der Waals surface area contributed by atoms with E-state index in [2.05, 4.69) is 19.7 Å². The van der Waals surface area contributed by atoms with Crippen molar-refractivity contribution in [1.29, 1.82) is 0 Å². The number of hydrogen-bond donors (Lipinski definition) is 2. The van der Waals surface area contributed by atoms with Crippen molar-refractivity contribution in [3.05, 3.63) is 42.5 Å². The van der Waals surface area contributed by atoms with Crippen molar-refractivity contribution in [2.24, 2.45) is 0 Å². The zero-order chi connectivity index (χ0) is 20.9. The zero-order valence-electron chi connectivity index (χ0n) is 16.3. The molecule has 7 nitrogen and oxygen atoms in total. The normalized spacial score (nSPS) is 14.6. The van der Waals surface area contributed by atoms with Gasteiger partial charge in [0, 0.05) is 25.7 Å². The van der Waals surface area contributed by atoms with Crippen LogP contribution in [0.4, 0.5) is 20.2 Å². The second-order valence-corrected chi connectivity index (χ2v) is 8.12. The summed E-state index contributed by atoms with van der Waals surface area (Å²) in [6.45, 7) is 0.276. The monoisotopic (exact) mass is 463 g/mol. The lowest BCUT2D eigenvalue weighted by Crippen LogP contribution is -2.28. The van der Waals surface area contributed by atoms with Crippen LogP contribution < -0.4 is 24.4 Å². The number of alkyl halides is 2. The Balaban J connectivity index is 0.00000320. The van der Waals surface area contributed by atoms with Gasteiger partial charge in [-0.2, -0.15) is 8.78 Å². The lowest BCUT2D eigenvalue weighted by Gasteiger charge is -2.25. The van der Waals surface area contributed by atoms with Crippen LogP contribution in [0.25, 0.3) is 0 Å². The smallest absolute Gasteiger partial charge is 0.387 e. The molecule has 0 bridgehead atoms. The Labute approximate surface area is 180 Å². The summed E-state index contributed by atoms with van der Waals surface area (Å²) in [5.74, 6) is 0.414. The molecule has 30 heavy (non-hydrogen) atoms. The Morgan fingerprint density at radius 1 is 1.13 bits per heavy atom. The fourth-order valence-electron chi connectivity index (χ4n) is 3.12. The summed E-state index contributed by atoms with van der Waals surface area (Å²) >= 11 is 0. The predicted molar refractivity (Wildman–Crippen MR) is 114 cm³/mol. The fourth-order valence-corrected chi connectivity index (χ4v) is 4.20. The number of hydrogen-bond acceptors (Lipinski definition) is 6. The van der Waals surface area contributed by atoms with Gasteiger partial charge >= 0.3 is 6.61 Å². The first-order valence-electron chi connectivity index (χ1n) is 9.10. The molecule has 0 amide bonds. The second-order valence-electron chi connectivity index (χ2n) is 6.44. The van der Waals surface area contributed by atoms with Crippen molar-refractivity contribution in [2.75, 3.05) is 42.9 Å². The van der Waals surface area contributed by atoms with Gasteiger partial charge in [-0.3, -0.25) is 4.72 Å². The highest BCUT2D eigenvalue weighted by molar-refractivity contribution is 7.92. The molecular formula is C19H24ClF2N3O4S. The average Bonchev–Trinajstić information content (AvgIpc) is 2.97. The third-order valence-corrected chi connectivity index (χ3v) is 5.83. The molecule has 0 aromatic heterocycles. The molecule has 0 spiro atoms. The lowest BCUT2D eigenvalue weighted by atomic mass is 10.2. The highest BCUT2D eigenvalue weighted by atomic mass is 35.5. The number of nitrogens with one attached hydrogen (secondary N) is 2. The quantitative estimate of drug-likeness (QED) is 0.655. The van der Waals surface area contributed by atoms with E-state index in [0.29, 0.717) is 11.4 Å². The molecule has 166 valence electrons. The maximum absolute atomic E-state index is 12.7. The van der Waals surface area contributed by atoms with Gasteiger partial charge in [0.2, 0.25) is 0 Å². The third-order valence-electron chi connectivity index (χ3n) is 4.45. The van der Waals surface area contributed by atoms with Crippen molar-refractivity contribution < 1.29 is 26.7 Å². The molecule has 1 saturated heterocycles. The van der Waals surface area contributed by atoms with Crippen LogP contribution >= 0.6 is 12.4 Å². The Hall–Kier alpha value is -2.30. The van der Waals surface area contributed by atoms with Crippen LogP contribution in [0.15, 0.2) is 47.4 Å². The van der Waals surface area contributed by atoms with E-state index in [1.165, 1.54) is 18.2 Å². The highest BCUT2D eigenvalue weighted by Gasteiger charge is 2.19. The van der Waals surface area contributed by atoms with Gasteiger partial charge in [0.05, 0.1) is 23.4 Å². The van der Waals surface area contributed by atoms with Gasteiger partial charge in [0.25, 0.3) is 10.0 Å². The molecule has 1 fully saturated rings. The van der Waals surface area contributed by atoms with Crippen LogP contribution in [-0.2, 0) is 10.0 Å². The molecule has 1 aliphatic heterocycles. The van der Waals surface area contributed by atoms with Crippen molar-refractivity contribution in [2.45, 2.75) is 17.9 Å². The molecule has 2 aromatic carbocycles. The number of rotatable bonds is 7. The van der Waals surface area contributed by atoms with Gasteiger partial charge in [-0.05, 0) is 43.3 Å². The Kier molecular flexibility index (Phi) is 8.51. The zero-order valence-corrected chi connectivity index (χ0v) is 17.9. The summed E-state index contributed by atoms with van der Waals surface area (Å²) in [4.78, 5) is 1.96. The number of nitrogens with zero attached hydrogens (tertiary/aromatic N) is 1. The Morgan fingerprint density at radius 2 is 1.93 bits per heavy atom. The van der Waals surface area contributed by atoms with E-state index in [1.807, 2.05) is 0 Å². The summed E-state index contributed by atoms with van der Waals surface area (Å²) in [5.41, 5.74) is 1.13. The largest absolute Gasteiger partial charge is 0.495 e. The van der Waals surface area contributed by atoms with E-state index in [-0.39, 0.29) is 23.1 Å². The molecule has 2 N–H and O–H groups in total. The molecule has 0 atom stereocenters. The van der Waals surface area contributed by atoms with E-state index < -0.39 is 16.6 Å². The maximum atomic E-state index is 12.7. The van der Waals surface area contributed by atoms with Crippen LogP contribution in [-0.4, -0.2) is 48.3 Å². The molecule has 0 saturated carbocycles. The van der Waals surface area contributed by atoms with Gasteiger partial charge in [-0.1, -0.05) is 6.07 Å². The Morgan fingerprint density at radius 3 is 2.67 bits per heavy atom. The van der Waals surface area contributed by atoms with Crippen LogP contribution in [0.1, 0.15) is 6.42 Å². The first kappa shape index (κ1) is 24.0. The molecular weight excluding hydrogens is 440 g/mol. The van der Waals surface area contributed by atoms with Crippen molar-refractivity contribution >= 4 is 33.8 Å². The van der Waals surface area contributed by atoms with Crippen LogP contribution in [0.2, 0.25) is 0 Å². The lowest BCUT2D eigenvalue weighted by molar-refractivity contribution is -0.0499. The number of anilines is 2. The predicted octanol–water partition coefficient (Wildman–Crippen LogP) is 3.32. The van der Waals surface area contributed by atoms with Crippen molar-refractivity contribution in [3.63, 3.8) is 0 Å². The van der Waals surface area contributed by atoms with E-state index in [0.717, 1.165) is 44.4 Å². The molecule has 1 heterocycles. The summed E-state index contributed by atoms with van der Waals surface area (Å²) in [6, 6.07) is 9.98. The average molecular weight is 464 g/mol. The van der Waals surface area contributed by atoms with Crippen molar-refractivity contribution in [1.82, 2.24) is 5.32 Å². The second kappa shape index (κ2) is 10.6. The molecule has 1 aliphatic rings. The molecule has 11 heteroatoms. The minimum absolute atomic E-state index is 0. The number of sulfonamides is 1. The van der Waals surface area contributed by atoms with E-state index in [4.69, 9.17) is 4.74 Å². The minimum atomic E-state index is -3.99. The van der Waals surface area contributed by atoms with E-state index in [1.54, 1.807) is 25.3 Å². The summed E-state index contributed by atoms with van der Waals surface area (Å²) in [5, 5.41) is 3.32. The summed E-state index contributed by atoms with van der Waals surface area (Å²) in [6.07, 6.45) is 0.954. The minimum Gasteiger partial charge on any atom is -0.495 e. The first-order valence-corrected chi connectivity index (χ1v) is 10.6. The molecule has 0 aliphatic carbocycles. The van der Waals surface area contributed by atoms with E-state index >= 15 is 0 Å². The molecule has 0 radical (unpaired) electrons. The standard InChI is InChI=1S/C19H23F2N3O4S.ClH/c1-27-18-7-6-14(12-17(18)24-10-3-8-22-9-11-24)23-29(25,26)16-5-2-4-15(13-16)28-19(20)21;/h2,4-7,12-13,19,22-23H,3,8-11H2,1H3;1H. The van der Waals surface area contributed by atoms with Gasteiger partial charge in [-0.15, -0.1) is 12.4 Å². The van der Waals surface area contributed by atoms with Gasteiger partial charge in [-0.25, -0.2) is 8.42 Å².